The van der Waals surface area contributed by atoms with Crippen molar-refractivity contribution >= 4 is 22.6 Å². The fourth-order valence-corrected chi connectivity index (χ4v) is 5.08. The Morgan fingerprint density at radius 3 is 2.44 bits per heavy atom. The van der Waals surface area contributed by atoms with Gasteiger partial charge in [-0.2, -0.15) is 0 Å². The Labute approximate surface area is 212 Å². The molecule has 1 aromatic heterocycles. The maximum atomic E-state index is 13.0. The van der Waals surface area contributed by atoms with Crippen LogP contribution >= 0.6 is 0 Å². The molecule has 3 aromatic carbocycles. The molecule has 2 heterocycles. The molecule has 1 aliphatic heterocycles. The topological polar surface area (TPSA) is 56.6 Å². The predicted molar refractivity (Wildman–Crippen MR) is 143 cm³/mol. The van der Waals surface area contributed by atoms with E-state index in [0.717, 1.165) is 58.1 Å². The lowest BCUT2D eigenvalue weighted by atomic mass is 10.1. The number of fused-ring (bicyclic) bond motifs is 1. The third-order valence-electron chi connectivity index (χ3n) is 6.81. The van der Waals surface area contributed by atoms with Gasteiger partial charge in [0.15, 0.2) is 0 Å². The van der Waals surface area contributed by atoms with Crippen molar-refractivity contribution in [1.29, 1.82) is 0 Å². The number of carbonyl (C=O) groups excluding carboxylic acids is 1. The van der Waals surface area contributed by atoms with Gasteiger partial charge in [0.25, 0.3) is 0 Å². The van der Waals surface area contributed by atoms with Crippen molar-refractivity contribution in [3.05, 3.63) is 83.7 Å². The third kappa shape index (κ3) is 4.81. The summed E-state index contributed by atoms with van der Waals surface area (Å²) >= 11 is 0. The van der Waals surface area contributed by atoms with Crippen LogP contribution in [0.1, 0.15) is 42.6 Å². The fraction of sp³-hybridized carbons (Fsp3) is 0.333. The summed E-state index contributed by atoms with van der Waals surface area (Å²) in [6.07, 6.45) is 1.31. The van der Waals surface area contributed by atoms with E-state index in [1.807, 2.05) is 54.3 Å². The van der Waals surface area contributed by atoms with Gasteiger partial charge in [-0.3, -0.25) is 4.79 Å². The number of nitrogens with zero attached hydrogens (tertiary/aromatic N) is 3. The van der Waals surface area contributed by atoms with Gasteiger partial charge in [-0.05, 0) is 74.7 Å². The zero-order valence-electron chi connectivity index (χ0n) is 21.2. The van der Waals surface area contributed by atoms with Gasteiger partial charge in [-0.15, -0.1) is 0 Å². The molecule has 4 aromatic rings. The van der Waals surface area contributed by atoms with Gasteiger partial charge in [0.1, 0.15) is 17.3 Å². The summed E-state index contributed by atoms with van der Waals surface area (Å²) in [5.74, 6) is 2.93. The number of hydrogen-bond donors (Lipinski definition) is 0. The number of hydrogen-bond acceptors (Lipinski definition) is 4. The van der Waals surface area contributed by atoms with Crippen LogP contribution in [-0.2, 0) is 11.3 Å². The van der Waals surface area contributed by atoms with Gasteiger partial charge in [-0.1, -0.05) is 30.3 Å². The van der Waals surface area contributed by atoms with E-state index in [-0.39, 0.29) is 11.8 Å². The highest BCUT2D eigenvalue weighted by molar-refractivity contribution is 5.96. The second-order valence-electron chi connectivity index (χ2n) is 9.37. The summed E-state index contributed by atoms with van der Waals surface area (Å²) < 4.78 is 14.0. The Morgan fingerprint density at radius 2 is 1.69 bits per heavy atom. The first kappa shape index (κ1) is 23.9. The molecule has 0 unspecified atom stereocenters. The van der Waals surface area contributed by atoms with Crippen molar-refractivity contribution in [3.8, 4) is 11.5 Å². The largest absolute Gasteiger partial charge is 0.494 e. The van der Waals surface area contributed by atoms with E-state index >= 15 is 0 Å². The molecule has 1 saturated heterocycles. The van der Waals surface area contributed by atoms with Crippen molar-refractivity contribution < 1.29 is 14.3 Å². The number of aryl methyl sites for hydroxylation is 3. The van der Waals surface area contributed by atoms with Gasteiger partial charge in [-0.25, -0.2) is 4.98 Å². The Morgan fingerprint density at radius 1 is 0.944 bits per heavy atom. The molecule has 5 rings (SSSR count). The molecule has 0 N–H and O–H groups in total. The van der Waals surface area contributed by atoms with E-state index in [2.05, 4.69) is 42.7 Å². The molecule has 1 amide bonds. The van der Waals surface area contributed by atoms with E-state index in [0.29, 0.717) is 26.2 Å². The minimum Gasteiger partial charge on any atom is -0.494 e. The summed E-state index contributed by atoms with van der Waals surface area (Å²) in [6, 6.07) is 22.2. The lowest BCUT2D eigenvalue weighted by Gasteiger charge is -2.18. The maximum absolute atomic E-state index is 13.0. The summed E-state index contributed by atoms with van der Waals surface area (Å²) in [5.41, 5.74) is 5.28. The number of benzene rings is 3. The number of rotatable bonds is 9. The first-order valence-electron chi connectivity index (χ1n) is 12.7. The highest BCUT2D eigenvalue weighted by Crippen LogP contribution is 2.34. The lowest BCUT2D eigenvalue weighted by molar-refractivity contribution is -0.117. The Hall–Kier alpha value is -3.80. The molecule has 186 valence electrons. The van der Waals surface area contributed by atoms with Gasteiger partial charge in [0.05, 0.1) is 24.2 Å². The van der Waals surface area contributed by atoms with Gasteiger partial charge >= 0.3 is 0 Å². The molecular weight excluding hydrogens is 450 g/mol. The first-order chi connectivity index (χ1) is 17.5. The number of aromatic nitrogens is 2. The standard InChI is InChI=1S/C30H33N3O3/c1-4-35-25-15-13-24(14-16-25)33-20-23(19-28(33)34)30-31-26-11-5-6-12-27(26)32(30)17-8-18-36-29-21(2)9-7-10-22(29)3/h5-7,9-16,23H,4,8,17-20H2,1-3H3/t23-/m1/s1. The zero-order valence-corrected chi connectivity index (χ0v) is 21.2. The molecule has 0 spiro atoms. The van der Waals surface area contributed by atoms with E-state index in [4.69, 9.17) is 14.5 Å². The first-order valence-corrected chi connectivity index (χ1v) is 12.7. The van der Waals surface area contributed by atoms with Crippen molar-refractivity contribution in [3.63, 3.8) is 0 Å². The molecular formula is C30H33N3O3. The number of imidazole rings is 1. The van der Waals surface area contributed by atoms with E-state index in [1.54, 1.807) is 0 Å². The Balaban J connectivity index is 1.33. The number of ether oxygens (including phenoxy) is 2. The van der Waals surface area contributed by atoms with Gasteiger partial charge in [0, 0.05) is 31.1 Å². The SMILES string of the molecule is CCOc1ccc(N2C[C@H](c3nc4ccccc4n3CCCOc3c(C)cccc3C)CC2=O)cc1. The van der Waals surface area contributed by atoms with E-state index < -0.39 is 0 Å². The van der Waals surface area contributed by atoms with Crippen LogP contribution < -0.4 is 14.4 Å². The number of carbonyl (C=O) groups is 1. The normalized spacial score (nSPS) is 15.6. The second kappa shape index (κ2) is 10.4. The van der Waals surface area contributed by atoms with Gasteiger partial charge < -0.3 is 18.9 Å². The van der Waals surface area contributed by atoms with Crippen molar-refractivity contribution in [2.75, 3.05) is 24.7 Å². The molecule has 1 aliphatic rings. The minimum atomic E-state index is 0.0380. The number of para-hydroxylation sites is 3. The monoisotopic (exact) mass is 483 g/mol. The van der Waals surface area contributed by atoms with E-state index in [9.17, 15) is 4.79 Å². The van der Waals surface area contributed by atoms with Crippen LogP contribution in [0.25, 0.3) is 11.0 Å². The molecule has 6 heteroatoms. The zero-order chi connectivity index (χ0) is 25.1. The predicted octanol–water partition coefficient (Wildman–Crippen LogP) is 6.04. The highest BCUT2D eigenvalue weighted by Gasteiger charge is 2.34. The molecule has 1 atom stereocenters. The average Bonchev–Trinajstić information content (AvgIpc) is 3.44. The Bertz CT molecular complexity index is 1340. The summed E-state index contributed by atoms with van der Waals surface area (Å²) in [7, 11) is 0. The summed E-state index contributed by atoms with van der Waals surface area (Å²) in [5, 5.41) is 0. The van der Waals surface area contributed by atoms with Crippen molar-refractivity contribution in [1.82, 2.24) is 9.55 Å². The molecule has 1 fully saturated rings. The third-order valence-corrected chi connectivity index (χ3v) is 6.81. The minimum absolute atomic E-state index is 0.0380. The summed E-state index contributed by atoms with van der Waals surface area (Å²) in [4.78, 5) is 19.9. The van der Waals surface area contributed by atoms with Crippen molar-refractivity contribution in [2.24, 2.45) is 0 Å². The quantitative estimate of drug-likeness (QED) is 0.272. The molecule has 0 bridgehead atoms. The smallest absolute Gasteiger partial charge is 0.227 e. The van der Waals surface area contributed by atoms with Crippen LogP contribution in [0.3, 0.4) is 0 Å². The molecule has 0 radical (unpaired) electrons. The summed E-state index contributed by atoms with van der Waals surface area (Å²) in [6.45, 7) is 8.78. The second-order valence-corrected chi connectivity index (χ2v) is 9.37. The molecule has 0 aliphatic carbocycles. The number of anilines is 1. The average molecular weight is 484 g/mol. The molecule has 36 heavy (non-hydrogen) atoms. The van der Waals surface area contributed by atoms with Crippen LogP contribution in [0.4, 0.5) is 5.69 Å². The van der Waals surface area contributed by atoms with Crippen LogP contribution in [0.15, 0.2) is 66.7 Å². The lowest BCUT2D eigenvalue weighted by Crippen LogP contribution is -2.24. The number of amides is 1. The molecule has 6 nitrogen and oxygen atoms in total. The van der Waals surface area contributed by atoms with E-state index in [1.165, 1.54) is 0 Å². The van der Waals surface area contributed by atoms with Crippen LogP contribution in [0.5, 0.6) is 11.5 Å². The van der Waals surface area contributed by atoms with Crippen molar-refractivity contribution in [2.45, 2.75) is 46.1 Å². The fourth-order valence-electron chi connectivity index (χ4n) is 5.08. The Kier molecular flexibility index (Phi) is 6.94. The van der Waals surface area contributed by atoms with Crippen LogP contribution in [0, 0.1) is 13.8 Å². The maximum Gasteiger partial charge on any atom is 0.227 e. The molecule has 0 saturated carbocycles. The van der Waals surface area contributed by atoms with Crippen LogP contribution in [-0.4, -0.2) is 35.2 Å². The van der Waals surface area contributed by atoms with Gasteiger partial charge in [0.2, 0.25) is 5.91 Å². The van der Waals surface area contributed by atoms with Crippen LogP contribution in [0.2, 0.25) is 0 Å². The highest BCUT2D eigenvalue weighted by atomic mass is 16.5.